The number of hydrogen-bond acceptors (Lipinski definition) is 2. The number of alkyl halides is 1. The molecule has 90 valence electrons. The van der Waals surface area contributed by atoms with Crippen molar-refractivity contribution in [2.24, 2.45) is 5.41 Å². The largest absolute Gasteiger partial charge is 0.493 e. The highest BCUT2D eigenvalue weighted by atomic mass is 35.5. The third-order valence-corrected chi connectivity index (χ3v) is 3.59. The molecule has 1 aromatic carbocycles. The minimum absolute atomic E-state index is 0.114. The minimum atomic E-state index is 0.114. The first-order valence-electron chi connectivity index (χ1n) is 5.84. The fraction of sp³-hybridized carbons (Fsp3) is 0.500. The molecule has 2 nitrogen and oxygen atoms in total. The van der Waals surface area contributed by atoms with Crippen molar-refractivity contribution >= 4 is 11.6 Å². The van der Waals surface area contributed by atoms with E-state index in [4.69, 9.17) is 21.6 Å². The molecule has 0 atom stereocenters. The maximum absolute atomic E-state index is 8.75. The lowest BCUT2D eigenvalue weighted by atomic mass is 10.1. The van der Waals surface area contributed by atoms with E-state index in [1.165, 1.54) is 5.56 Å². The van der Waals surface area contributed by atoms with Crippen LogP contribution in [0.25, 0.3) is 0 Å². The van der Waals surface area contributed by atoms with Crippen molar-refractivity contribution in [2.75, 3.05) is 6.61 Å². The molecular weight excluding hydrogens is 234 g/mol. The number of aryl methyl sites for hydroxylation is 1. The van der Waals surface area contributed by atoms with Gasteiger partial charge in [-0.25, -0.2) is 0 Å². The summed E-state index contributed by atoms with van der Waals surface area (Å²) in [5.74, 6) is 1.32. The van der Waals surface area contributed by atoms with Gasteiger partial charge in [-0.3, -0.25) is 0 Å². The molecule has 1 aliphatic rings. The Morgan fingerprint density at radius 1 is 1.47 bits per heavy atom. The van der Waals surface area contributed by atoms with Gasteiger partial charge in [-0.15, -0.1) is 11.6 Å². The van der Waals surface area contributed by atoms with Gasteiger partial charge in [0.05, 0.1) is 18.6 Å². The average molecular weight is 250 g/mol. The van der Waals surface area contributed by atoms with Crippen molar-refractivity contribution in [2.45, 2.75) is 32.1 Å². The Morgan fingerprint density at radius 2 is 2.24 bits per heavy atom. The normalized spacial score (nSPS) is 16.3. The number of ether oxygens (including phenoxy) is 1. The van der Waals surface area contributed by atoms with Crippen molar-refractivity contribution in [3.8, 4) is 11.8 Å². The maximum Gasteiger partial charge on any atom is 0.123 e. The molecule has 17 heavy (non-hydrogen) atoms. The molecule has 0 aliphatic heterocycles. The maximum atomic E-state index is 8.75. The van der Waals surface area contributed by atoms with Crippen LogP contribution in [0.15, 0.2) is 18.2 Å². The molecule has 0 heterocycles. The zero-order chi connectivity index (χ0) is 12.3. The Balaban J connectivity index is 2.02. The summed E-state index contributed by atoms with van der Waals surface area (Å²) in [6.45, 7) is 2.67. The van der Waals surface area contributed by atoms with Crippen molar-refractivity contribution < 1.29 is 4.74 Å². The van der Waals surface area contributed by atoms with Crippen LogP contribution in [0.1, 0.15) is 30.4 Å². The third kappa shape index (κ3) is 2.92. The van der Waals surface area contributed by atoms with Crippen LogP contribution in [0.4, 0.5) is 0 Å². The molecule has 1 saturated carbocycles. The zero-order valence-corrected chi connectivity index (χ0v) is 10.8. The van der Waals surface area contributed by atoms with Crippen molar-refractivity contribution in [1.82, 2.24) is 0 Å². The predicted octanol–water partition coefficient (Wildman–Crippen LogP) is 3.81. The van der Waals surface area contributed by atoms with Crippen molar-refractivity contribution in [3.63, 3.8) is 0 Å². The summed E-state index contributed by atoms with van der Waals surface area (Å²) in [6.07, 6.45) is 2.79. The van der Waals surface area contributed by atoms with E-state index in [-0.39, 0.29) is 5.41 Å². The van der Waals surface area contributed by atoms with E-state index < -0.39 is 0 Å². The van der Waals surface area contributed by atoms with Gasteiger partial charge in [0.15, 0.2) is 0 Å². The lowest BCUT2D eigenvalue weighted by Gasteiger charge is -2.15. The SMILES string of the molecule is Cc1ccc(OCC2(CC#N)CC2)c(CCl)c1. The van der Waals surface area contributed by atoms with E-state index in [1.807, 2.05) is 25.1 Å². The molecule has 3 heteroatoms. The number of nitriles is 1. The van der Waals surface area contributed by atoms with E-state index >= 15 is 0 Å². The molecule has 0 aromatic heterocycles. The highest BCUT2D eigenvalue weighted by Crippen LogP contribution is 2.48. The lowest BCUT2D eigenvalue weighted by Crippen LogP contribution is -2.13. The number of rotatable bonds is 5. The number of nitrogens with zero attached hydrogens (tertiary/aromatic N) is 1. The van der Waals surface area contributed by atoms with Gasteiger partial charge in [-0.2, -0.15) is 5.26 Å². The van der Waals surface area contributed by atoms with Crippen LogP contribution in [-0.2, 0) is 5.88 Å². The number of hydrogen-bond donors (Lipinski definition) is 0. The topological polar surface area (TPSA) is 33.0 Å². The van der Waals surface area contributed by atoms with Gasteiger partial charge in [0, 0.05) is 17.4 Å². The molecule has 1 fully saturated rings. The van der Waals surface area contributed by atoms with Gasteiger partial charge in [-0.05, 0) is 25.8 Å². The molecule has 2 rings (SSSR count). The van der Waals surface area contributed by atoms with Crippen molar-refractivity contribution in [1.29, 1.82) is 5.26 Å². The summed E-state index contributed by atoms with van der Waals surface area (Å²) in [4.78, 5) is 0. The Kier molecular flexibility index (Phi) is 3.59. The van der Waals surface area contributed by atoms with Gasteiger partial charge in [-0.1, -0.05) is 17.7 Å². The smallest absolute Gasteiger partial charge is 0.123 e. The highest BCUT2D eigenvalue weighted by Gasteiger charge is 2.43. The predicted molar refractivity (Wildman–Crippen MR) is 68.1 cm³/mol. The van der Waals surface area contributed by atoms with Gasteiger partial charge in [0.1, 0.15) is 5.75 Å². The molecule has 0 spiro atoms. The van der Waals surface area contributed by atoms with Crippen LogP contribution >= 0.6 is 11.6 Å². The van der Waals surface area contributed by atoms with Gasteiger partial charge >= 0.3 is 0 Å². The quantitative estimate of drug-likeness (QED) is 0.744. The number of benzene rings is 1. The fourth-order valence-corrected chi connectivity index (χ4v) is 2.11. The summed E-state index contributed by atoms with van der Waals surface area (Å²) < 4.78 is 5.83. The van der Waals surface area contributed by atoms with E-state index in [0.717, 1.165) is 24.2 Å². The Morgan fingerprint density at radius 3 is 2.82 bits per heavy atom. The van der Waals surface area contributed by atoms with E-state index in [2.05, 4.69) is 6.07 Å². The molecule has 0 saturated heterocycles. The Labute approximate surface area is 107 Å². The molecule has 0 radical (unpaired) electrons. The second kappa shape index (κ2) is 4.98. The molecule has 0 amide bonds. The first kappa shape index (κ1) is 12.3. The van der Waals surface area contributed by atoms with Crippen LogP contribution in [0.5, 0.6) is 5.75 Å². The summed E-state index contributed by atoms with van der Waals surface area (Å²) in [6, 6.07) is 8.28. The minimum Gasteiger partial charge on any atom is -0.493 e. The Hall–Kier alpha value is -1.20. The van der Waals surface area contributed by atoms with Crippen LogP contribution in [0, 0.1) is 23.7 Å². The molecule has 1 aliphatic carbocycles. The molecule has 0 unspecified atom stereocenters. The van der Waals surface area contributed by atoms with Crippen LogP contribution < -0.4 is 4.74 Å². The van der Waals surface area contributed by atoms with E-state index in [1.54, 1.807) is 0 Å². The second-order valence-corrected chi connectivity index (χ2v) is 5.14. The monoisotopic (exact) mass is 249 g/mol. The van der Waals surface area contributed by atoms with Crippen LogP contribution in [0.3, 0.4) is 0 Å². The zero-order valence-electron chi connectivity index (χ0n) is 10.0. The Bertz CT molecular complexity index is 446. The first-order chi connectivity index (χ1) is 8.19. The van der Waals surface area contributed by atoms with Crippen LogP contribution in [0.2, 0.25) is 0 Å². The van der Waals surface area contributed by atoms with Gasteiger partial charge < -0.3 is 4.74 Å². The summed E-state index contributed by atoms with van der Waals surface area (Å²) in [7, 11) is 0. The molecular formula is C14H16ClNO. The summed E-state index contributed by atoms with van der Waals surface area (Å²) in [5, 5.41) is 8.75. The number of halogens is 1. The molecule has 0 N–H and O–H groups in total. The molecule has 0 bridgehead atoms. The van der Waals surface area contributed by atoms with E-state index in [9.17, 15) is 0 Å². The summed E-state index contributed by atoms with van der Waals surface area (Å²) >= 11 is 5.90. The fourth-order valence-electron chi connectivity index (χ4n) is 1.90. The molecule has 1 aromatic rings. The standard InChI is InChI=1S/C14H16ClNO/c1-11-2-3-13(12(8-11)9-15)17-10-14(4-5-14)6-7-16/h2-3,8H,4-6,9-10H2,1H3. The van der Waals surface area contributed by atoms with Crippen LogP contribution in [-0.4, -0.2) is 6.61 Å². The second-order valence-electron chi connectivity index (χ2n) is 4.87. The van der Waals surface area contributed by atoms with Gasteiger partial charge in [0.2, 0.25) is 0 Å². The first-order valence-corrected chi connectivity index (χ1v) is 6.38. The van der Waals surface area contributed by atoms with Crippen molar-refractivity contribution in [3.05, 3.63) is 29.3 Å². The van der Waals surface area contributed by atoms with Gasteiger partial charge in [0.25, 0.3) is 0 Å². The lowest BCUT2D eigenvalue weighted by molar-refractivity contribution is 0.235. The summed E-state index contributed by atoms with van der Waals surface area (Å²) in [5.41, 5.74) is 2.33. The highest BCUT2D eigenvalue weighted by molar-refractivity contribution is 6.17. The van der Waals surface area contributed by atoms with E-state index in [0.29, 0.717) is 18.9 Å². The third-order valence-electron chi connectivity index (χ3n) is 3.30. The average Bonchev–Trinajstić information content (AvgIpc) is 3.08.